The van der Waals surface area contributed by atoms with Crippen molar-refractivity contribution < 1.29 is 14.3 Å². The van der Waals surface area contributed by atoms with E-state index in [2.05, 4.69) is 34.3 Å². The fraction of sp³-hybridized carbons (Fsp3) is 0.842. The van der Waals surface area contributed by atoms with Gasteiger partial charge in [0, 0.05) is 18.1 Å². The van der Waals surface area contributed by atoms with Crippen molar-refractivity contribution in [3.8, 4) is 0 Å². The van der Waals surface area contributed by atoms with Gasteiger partial charge in [0.2, 0.25) is 0 Å². The van der Waals surface area contributed by atoms with Crippen molar-refractivity contribution in [3.63, 3.8) is 0 Å². The molecule has 3 fully saturated rings. The van der Waals surface area contributed by atoms with E-state index in [0.717, 1.165) is 24.4 Å². The second-order valence-electron chi connectivity index (χ2n) is 8.52. The van der Waals surface area contributed by atoms with Crippen molar-refractivity contribution in [2.75, 3.05) is 19.8 Å². The standard InChI is InChI=1S/C19H32O3/c1-6-17(20)22-13-18(2,3)12-21-10-9-14-7-8-15-11-16(14)19(15,4)5/h6,14-16H,1,7-13H2,2-5H3. The lowest BCUT2D eigenvalue weighted by Crippen LogP contribution is -2.52. The minimum atomic E-state index is -0.364. The van der Waals surface area contributed by atoms with Crippen LogP contribution in [0.5, 0.6) is 0 Å². The minimum absolute atomic E-state index is 0.147. The molecule has 0 aromatic rings. The first-order valence-corrected chi connectivity index (χ1v) is 8.63. The third-order valence-corrected chi connectivity index (χ3v) is 5.90. The maximum atomic E-state index is 11.1. The highest BCUT2D eigenvalue weighted by molar-refractivity contribution is 5.81. The maximum Gasteiger partial charge on any atom is 0.330 e. The van der Waals surface area contributed by atoms with Gasteiger partial charge in [-0.25, -0.2) is 4.79 Å². The zero-order valence-corrected chi connectivity index (χ0v) is 14.7. The van der Waals surface area contributed by atoms with Crippen LogP contribution < -0.4 is 0 Å². The average molecular weight is 308 g/mol. The highest BCUT2D eigenvalue weighted by atomic mass is 16.5. The van der Waals surface area contributed by atoms with Crippen molar-refractivity contribution in [1.82, 2.24) is 0 Å². The lowest BCUT2D eigenvalue weighted by Gasteiger charge is -2.60. The quantitative estimate of drug-likeness (QED) is 0.382. The van der Waals surface area contributed by atoms with Crippen LogP contribution in [0.1, 0.15) is 53.4 Å². The van der Waals surface area contributed by atoms with Crippen LogP contribution in [0, 0.1) is 28.6 Å². The van der Waals surface area contributed by atoms with E-state index in [4.69, 9.17) is 9.47 Å². The Hall–Kier alpha value is -0.830. The second-order valence-corrected chi connectivity index (χ2v) is 8.52. The average Bonchev–Trinajstić information content (AvgIpc) is 2.49. The first-order valence-electron chi connectivity index (χ1n) is 8.63. The van der Waals surface area contributed by atoms with Crippen LogP contribution in [-0.4, -0.2) is 25.8 Å². The third-order valence-electron chi connectivity index (χ3n) is 5.90. The molecule has 3 aliphatic carbocycles. The first kappa shape index (κ1) is 17.5. The number of carbonyl (C=O) groups is 1. The summed E-state index contributed by atoms with van der Waals surface area (Å²) in [4.78, 5) is 11.1. The highest BCUT2D eigenvalue weighted by Crippen LogP contribution is 2.61. The Morgan fingerprint density at radius 3 is 2.64 bits per heavy atom. The number of ether oxygens (including phenoxy) is 2. The Kier molecular flexibility index (Phi) is 5.37. The molecule has 0 saturated heterocycles. The van der Waals surface area contributed by atoms with Crippen molar-refractivity contribution in [2.45, 2.75) is 53.4 Å². The van der Waals surface area contributed by atoms with Gasteiger partial charge in [0.15, 0.2) is 0 Å². The van der Waals surface area contributed by atoms with E-state index in [9.17, 15) is 4.79 Å². The van der Waals surface area contributed by atoms with Gasteiger partial charge in [-0.05, 0) is 48.9 Å². The van der Waals surface area contributed by atoms with Crippen LogP contribution >= 0.6 is 0 Å². The Morgan fingerprint density at radius 1 is 1.32 bits per heavy atom. The molecule has 3 atom stereocenters. The van der Waals surface area contributed by atoms with Gasteiger partial charge in [-0.3, -0.25) is 0 Å². The summed E-state index contributed by atoms with van der Waals surface area (Å²) in [5.74, 6) is 2.34. The van der Waals surface area contributed by atoms with Gasteiger partial charge in [0.1, 0.15) is 0 Å². The fourth-order valence-electron chi connectivity index (χ4n) is 4.26. The predicted molar refractivity (Wildman–Crippen MR) is 88.5 cm³/mol. The highest BCUT2D eigenvalue weighted by Gasteiger charge is 2.53. The Morgan fingerprint density at radius 2 is 2.05 bits per heavy atom. The summed E-state index contributed by atoms with van der Waals surface area (Å²) in [6.07, 6.45) is 6.58. The molecule has 3 unspecified atom stereocenters. The van der Waals surface area contributed by atoms with Gasteiger partial charge in [-0.2, -0.15) is 0 Å². The van der Waals surface area contributed by atoms with Crippen molar-refractivity contribution in [1.29, 1.82) is 0 Å². The second kappa shape index (κ2) is 6.74. The van der Waals surface area contributed by atoms with Crippen LogP contribution in [-0.2, 0) is 14.3 Å². The molecule has 22 heavy (non-hydrogen) atoms. The molecule has 0 radical (unpaired) electrons. The van der Waals surface area contributed by atoms with E-state index < -0.39 is 0 Å². The van der Waals surface area contributed by atoms with Gasteiger partial charge in [-0.15, -0.1) is 0 Å². The summed E-state index contributed by atoms with van der Waals surface area (Å²) in [5.41, 5.74) is 0.410. The summed E-state index contributed by atoms with van der Waals surface area (Å²) >= 11 is 0. The van der Waals surface area contributed by atoms with Crippen molar-refractivity contribution in [3.05, 3.63) is 12.7 Å². The number of hydrogen-bond donors (Lipinski definition) is 0. The van der Waals surface area contributed by atoms with E-state index in [0.29, 0.717) is 18.6 Å². The van der Waals surface area contributed by atoms with E-state index in [-0.39, 0.29) is 11.4 Å². The molecule has 0 amide bonds. The predicted octanol–water partition coefficient (Wildman–Crippen LogP) is 4.22. The minimum Gasteiger partial charge on any atom is -0.462 e. The number of rotatable bonds is 8. The molecule has 0 aromatic heterocycles. The third kappa shape index (κ3) is 3.92. The summed E-state index contributed by atoms with van der Waals surface area (Å²) in [5, 5.41) is 0. The van der Waals surface area contributed by atoms with Crippen LogP contribution in [0.4, 0.5) is 0 Å². The van der Waals surface area contributed by atoms with E-state index in [1.54, 1.807) is 0 Å². The molecule has 2 bridgehead atoms. The molecule has 0 aromatic carbocycles. The molecule has 126 valence electrons. The summed E-state index contributed by atoms with van der Waals surface area (Å²) in [6, 6.07) is 0. The zero-order valence-electron chi connectivity index (χ0n) is 14.7. The lowest BCUT2D eigenvalue weighted by atomic mass is 9.45. The maximum absolute atomic E-state index is 11.1. The largest absolute Gasteiger partial charge is 0.462 e. The molecular formula is C19H32O3. The number of hydrogen-bond acceptors (Lipinski definition) is 3. The van der Waals surface area contributed by atoms with Gasteiger partial charge in [0.25, 0.3) is 0 Å². The molecule has 3 aliphatic rings. The van der Waals surface area contributed by atoms with Crippen LogP contribution in [0.3, 0.4) is 0 Å². The summed E-state index contributed by atoms with van der Waals surface area (Å²) < 4.78 is 11.0. The van der Waals surface area contributed by atoms with Crippen LogP contribution in [0.2, 0.25) is 0 Å². The number of fused-ring (bicyclic) bond motifs is 2. The molecule has 0 spiro atoms. The van der Waals surface area contributed by atoms with Crippen molar-refractivity contribution >= 4 is 5.97 Å². The van der Waals surface area contributed by atoms with Crippen LogP contribution in [0.15, 0.2) is 12.7 Å². The van der Waals surface area contributed by atoms with Gasteiger partial charge in [0.05, 0.1) is 13.2 Å². The van der Waals surface area contributed by atoms with Crippen LogP contribution in [0.25, 0.3) is 0 Å². The van der Waals surface area contributed by atoms with Crippen molar-refractivity contribution in [2.24, 2.45) is 28.6 Å². The van der Waals surface area contributed by atoms with E-state index >= 15 is 0 Å². The molecule has 3 heteroatoms. The normalized spacial score (nSPS) is 29.5. The first-order chi connectivity index (χ1) is 10.3. The summed E-state index contributed by atoms with van der Waals surface area (Å²) in [7, 11) is 0. The van der Waals surface area contributed by atoms with E-state index in [1.165, 1.54) is 31.8 Å². The Bertz CT molecular complexity index is 409. The molecule has 3 nitrogen and oxygen atoms in total. The Labute approximate surface area is 135 Å². The van der Waals surface area contributed by atoms with Gasteiger partial charge < -0.3 is 9.47 Å². The van der Waals surface area contributed by atoms with Gasteiger partial charge in [-0.1, -0.05) is 34.3 Å². The number of esters is 1. The monoisotopic (exact) mass is 308 g/mol. The zero-order chi connectivity index (χ0) is 16.4. The SMILES string of the molecule is C=CC(=O)OCC(C)(C)COCCC1CCC2CC1C2(C)C. The smallest absolute Gasteiger partial charge is 0.330 e. The number of carbonyl (C=O) groups excluding carboxylic acids is 1. The molecule has 3 saturated carbocycles. The molecule has 0 aliphatic heterocycles. The molecular weight excluding hydrogens is 276 g/mol. The van der Waals surface area contributed by atoms with Gasteiger partial charge >= 0.3 is 5.97 Å². The fourth-order valence-corrected chi connectivity index (χ4v) is 4.26. The lowest BCUT2D eigenvalue weighted by molar-refractivity contribution is -0.142. The molecule has 0 N–H and O–H groups in total. The molecule has 0 heterocycles. The molecule has 3 rings (SSSR count). The Balaban J connectivity index is 1.64. The summed E-state index contributed by atoms with van der Waals surface area (Å²) in [6.45, 7) is 14.2. The van der Waals surface area contributed by atoms with E-state index in [1.807, 2.05) is 0 Å². The topological polar surface area (TPSA) is 35.5 Å².